The van der Waals surface area contributed by atoms with Gasteiger partial charge in [-0.25, -0.2) is 0 Å². The molecule has 5 nitrogen and oxygen atoms in total. The quantitative estimate of drug-likeness (QED) is 0.478. The van der Waals surface area contributed by atoms with E-state index in [0.29, 0.717) is 18.2 Å². The topological polar surface area (TPSA) is 51.0 Å². The van der Waals surface area contributed by atoms with Gasteiger partial charge in [0.1, 0.15) is 5.82 Å². The van der Waals surface area contributed by atoms with Gasteiger partial charge in [0.25, 0.3) is 0 Å². The van der Waals surface area contributed by atoms with Crippen molar-refractivity contribution < 1.29 is 4.79 Å². The van der Waals surface area contributed by atoms with Crippen LogP contribution in [-0.2, 0) is 24.3 Å². The average Bonchev–Trinajstić information content (AvgIpc) is 3.55. The first-order chi connectivity index (χ1) is 14.6. The summed E-state index contributed by atoms with van der Waals surface area (Å²) >= 11 is 1.48. The van der Waals surface area contributed by atoms with E-state index in [4.69, 9.17) is 0 Å². The molecule has 0 spiro atoms. The molecule has 1 fully saturated rings. The molecule has 0 unspecified atom stereocenters. The number of aromatic nitrogens is 3. The van der Waals surface area contributed by atoms with Crippen LogP contribution in [0.5, 0.6) is 0 Å². The summed E-state index contributed by atoms with van der Waals surface area (Å²) in [4.78, 5) is 14.5. The fourth-order valence-electron chi connectivity index (χ4n) is 3.44. The van der Waals surface area contributed by atoms with Crippen LogP contribution in [0.15, 0.2) is 59.8 Å². The van der Waals surface area contributed by atoms with Gasteiger partial charge in [-0.15, -0.1) is 10.2 Å². The first-order valence-corrected chi connectivity index (χ1v) is 11.5. The van der Waals surface area contributed by atoms with E-state index in [1.165, 1.54) is 35.7 Å². The number of carbonyl (C=O) groups is 1. The van der Waals surface area contributed by atoms with Crippen molar-refractivity contribution in [3.05, 3.63) is 77.1 Å². The molecule has 0 radical (unpaired) electrons. The number of benzene rings is 2. The van der Waals surface area contributed by atoms with Crippen molar-refractivity contribution in [1.82, 2.24) is 19.7 Å². The molecular weight excluding hydrogens is 392 g/mol. The van der Waals surface area contributed by atoms with Gasteiger partial charge in [0, 0.05) is 19.5 Å². The number of carbonyl (C=O) groups excluding carboxylic acids is 1. The Labute approximate surface area is 182 Å². The Kier molecular flexibility index (Phi) is 6.53. The Morgan fingerprint density at radius 2 is 1.73 bits per heavy atom. The number of amides is 1. The van der Waals surface area contributed by atoms with Crippen molar-refractivity contribution in [2.45, 2.75) is 50.4 Å². The van der Waals surface area contributed by atoms with Gasteiger partial charge in [0.2, 0.25) is 5.91 Å². The smallest absolute Gasteiger partial charge is 0.233 e. The van der Waals surface area contributed by atoms with E-state index < -0.39 is 0 Å². The lowest BCUT2D eigenvalue weighted by Crippen LogP contribution is -2.28. The maximum absolute atomic E-state index is 12.7. The molecule has 0 N–H and O–H groups in total. The SMILES string of the molecule is CCc1ccc(CN(C)C(=O)CSc2nnc(C3CC3)n2Cc2ccccc2)cc1. The first-order valence-electron chi connectivity index (χ1n) is 10.6. The van der Waals surface area contributed by atoms with Crippen LogP contribution in [-0.4, -0.2) is 38.4 Å². The number of thioether (sulfide) groups is 1. The molecule has 1 amide bonds. The molecule has 156 valence electrons. The molecule has 2 aromatic carbocycles. The molecule has 0 aliphatic heterocycles. The number of hydrogen-bond donors (Lipinski definition) is 0. The molecular formula is C24H28N4OS. The van der Waals surface area contributed by atoms with Crippen LogP contribution in [0.1, 0.15) is 48.2 Å². The van der Waals surface area contributed by atoms with Gasteiger partial charge in [0.05, 0.1) is 12.3 Å². The summed E-state index contributed by atoms with van der Waals surface area (Å²) in [6.07, 6.45) is 3.38. The summed E-state index contributed by atoms with van der Waals surface area (Å²) in [5.74, 6) is 2.03. The second-order valence-electron chi connectivity index (χ2n) is 7.90. The van der Waals surface area contributed by atoms with Crippen LogP contribution in [0.2, 0.25) is 0 Å². The van der Waals surface area contributed by atoms with Gasteiger partial charge < -0.3 is 9.47 Å². The zero-order valence-electron chi connectivity index (χ0n) is 17.6. The third-order valence-corrected chi connectivity index (χ3v) is 6.42. The predicted octanol–water partition coefficient (Wildman–Crippen LogP) is 4.52. The molecule has 30 heavy (non-hydrogen) atoms. The van der Waals surface area contributed by atoms with Crippen molar-refractivity contribution in [3.63, 3.8) is 0 Å². The molecule has 1 aromatic heterocycles. The zero-order valence-corrected chi connectivity index (χ0v) is 18.4. The third kappa shape index (κ3) is 5.11. The van der Waals surface area contributed by atoms with E-state index in [9.17, 15) is 4.79 Å². The van der Waals surface area contributed by atoms with E-state index >= 15 is 0 Å². The normalized spacial score (nSPS) is 13.4. The summed E-state index contributed by atoms with van der Waals surface area (Å²) < 4.78 is 2.19. The summed E-state index contributed by atoms with van der Waals surface area (Å²) in [5.41, 5.74) is 3.68. The van der Waals surface area contributed by atoms with Gasteiger partial charge in [-0.1, -0.05) is 73.3 Å². The zero-order chi connectivity index (χ0) is 20.9. The number of aryl methyl sites for hydroxylation is 1. The summed E-state index contributed by atoms with van der Waals surface area (Å²) in [6.45, 7) is 3.51. The molecule has 1 aliphatic carbocycles. The van der Waals surface area contributed by atoms with E-state index in [1.807, 2.05) is 13.1 Å². The van der Waals surface area contributed by atoms with Crippen molar-refractivity contribution in [3.8, 4) is 0 Å². The molecule has 1 aliphatic rings. The molecule has 3 aromatic rings. The largest absolute Gasteiger partial charge is 0.341 e. The highest BCUT2D eigenvalue weighted by atomic mass is 32.2. The second-order valence-corrected chi connectivity index (χ2v) is 8.84. The molecule has 1 saturated carbocycles. The number of nitrogens with zero attached hydrogens (tertiary/aromatic N) is 4. The minimum atomic E-state index is 0.0989. The number of hydrogen-bond acceptors (Lipinski definition) is 4. The van der Waals surface area contributed by atoms with E-state index in [1.54, 1.807) is 4.90 Å². The predicted molar refractivity (Wildman–Crippen MR) is 121 cm³/mol. The maximum Gasteiger partial charge on any atom is 0.233 e. The Balaban J connectivity index is 1.39. The number of rotatable bonds is 9. The van der Waals surface area contributed by atoms with Crippen LogP contribution in [0.25, 0.3) is 0 Å². The third-order valence-electron chi connectivity index (χ3n) is 5.47. The Morgan fingerprint density at radius 3 is 2.40 bits per heavy atom. The molecule has 1 heterocycles. The van der Waals surface area contributed by atoms with Crippen molar-refractivity contribution in [2.75, 3.05) is 12.8 Å². The van der Waals surface area contributed by atoms with Gasteiger partial charge in [0.15, 0.2) is 5.16 Å². The first kappa shape index (κ1) is 20.7. The van der Waals surface area contributed by atoms with Gasteiger partial charge in [-0.2, -0.15) is 0 Å². The van der Waals surface area contributed by atoms with E-state index in [2.05, 4.69) is 70.2 Å². The van der Waals surface area contributed by atoms with Crippen molar-refractivity contribution in [1.29, 1.82) is 0 Å². The Hall–Kier alpha value is -2.60. The summed E-state index contributed by atoms with van der Waals surface area (Å²) in [6, 6.07) is 18.8. The average molecular weight is 421 g/mol. The summed E-state index contributed by atoms with van der Waals surface area (Å²) in [5, 5.41) is 9.69. The van der Waals surface area contributed by atoms with Gasteiger partial charge in [-0.05, 0) is 36.0 Å². The van der Waals surface area contributed by atoms with Crippen LogP contribution >= 0.6 is 11.8 Å². The lowest BCUT2D eigenvalue weighted by molar-refractivity contribution is -0.127. The van der Waals surface area contributed by atoms with Crippen LogP contribution in [0, 0.1) is 0 Å². The molecule has 0 saturated heterocycles. The fraction of sp³-hybridized carbons (Fsp3) is 0.375. The van der Waals surface area contributed by atoms with Crippen LogP contribution in [0.3, 0.4) is 0 Å². The second kappa shape index (κ2) is 9.47. The minimum absolute atomic E-state index is 0.0989. The molecule has 6 heteroatoms. The fourth-order valence-corrected chi connectivity index (χ4v) is 4.33. The highest BCUT2D eigenvalue weighted by Gasteiger charge is 2.30. The van der Waals surface area contributed by atoms with Crippen LogP contribution in [0.4, 0.5) is 0 Å². The molecule has 0 atom stereocenters. The maximum atomic E-state index is 12.7. The molecule has 4 rings (SSSR count). The van der Waals surface area contributed by atoms with E-state index in [-0.39, 0.29) is 5.91 Å². The van der Waals surface area contributed by atoms with E-state index in [0.717, 1.165) is 29.5 Å². The monoisotopic (exact) mass is 420 g/mol. The highest BCUT2D eigenvalue weighted by molar-refractivity contribution is 7.99. The van der Waals surface area contributed by atoms with Gasteiger partial charge >= 0.3 is 0 Å². The lowest BCUT2D eigenvalue weighted by atomic mass is 10.1. The summed E-state index contributed by atoms with van der Waals surface area (Å²) in [7, 11) is 1.86. The standard InChI is InChI=1S/C24H28N4OS/c1-3-18-9-11-20(12-10-18)15-27(2)22(29)17-30-24-26-25-23(21-13-14-21)28(24)16-19-7-5-4-6-8-19/h4-12,21H,3,13-17H2,1-2H3. The highest BCUT2D eigenvalue weighted by Crippen LogP contribution is 2.40. The van der Waals surface area contributed by atoms with Crippen molar-refractivity contribution in [2.24, 2.45) is 0 Å². The Morgan fingerprint density at radius 1 is 1.03 bits per heavy atom. The lowest BCUT2D eigenvalue weighted by Gasteiger charge is -2.17. The Bertz CT molecular complexity index is 980. The van der Waals surface area contributed by atoms with Crippen LogP contribution < -0.4 is 0 Å². The van der Waals surface area contributed by atoms with Crippen molar-refractivity contribution >= 4 is 17.7 Å². The van der Waals surface area contributed by atoms with Gasteiger partial charge in [-0.3, -0.25) is 4.79 Å². The minimum Gasteiger partial charge on any atom is -0.341 e. The molecule has 0 bridgehead atoms.